The lowest BCUT2D eigenvalue weighted by Gasteiger charge is -2.21. The Labute approximate surface area is 130 Å². The number of benzene rings is 2. The van der Waals surface area contributed by atoms with E-state index in [-0.39, 0.29) is 10.6 Å². The van der Waals surface area contributed by atoms with Gasteiger partial charge in [-0.3, -0.25) is 0 Å². The average Bonchev–Trinajstić information content (AvgIpc) is 2.45. The lowest BCUT2D eigenvalue weighted by molar-refractivity contribution is -0.698. The summed E-state index contributed by atoms with van der Waals surface area (Å²) in [5.41, 5.74) is 1.12. The minimum Gasteiger partial charge on any atom is -0.573 e. The Morgan fingerprint density at radius 3 is 2.41 bits per heavy atom. The zero-order valence-corrected chi connectivity index (χ0v) is 13.3. The Balaban J connectivity index is 2.12. The van der Waals surface area contributed by atoms with Gasteiger partial charge in [0.05, 0.1) is 10.9 Å². The molecule has 0 aromatic heterocycles. The van der Waals surface area contributed by atoms with E-state index in [1.54, 1.807) is 12.1 Å². The van der Waals surface area contributed by atoms with Crippen LogP contribution in [0.3, 0.4) is 0 Å². The second-order valence-corrected chi connectivity index (χ2v) is 6.98. The minimum atomic E-state index is -3.83. The molecule has 0 atom stereocenters. The Morgan fingerprint density at radius 1 is 1.14 bits per heavy atom. The third-order valence-electron chi connectivity index (χ3n) is 3.08. The van der Waals surface area contributed by atoms with Crippen LogP contribution in [0, 0.1) is 5.82 Å². The SMILES string of the molecule is CC(C)[NH2+]Cc1ccc(S(=O)(=O)[N-]c2cccc(F)c2)cc1. The first kappa shape index (κ1) is 16.5. The van der Waals surface area contributed by atoms with Crippen LogP contribution in [0.1, 0.15) is 19.4 Å². The largest absolute Gasteiger partial charge is 0.573 e. The number of quaternary nitrogens is 1. The molecule has 0 amide bonds. The Bertz CT molecular complexity index is 728. The van der Waals surface area contributed by atoms with Crippen LogP contribution in [0.5, 0.6) is 0 Å². The number of sulfonamides is 1. The molecule has 4 nitrogen and oxygen atoms in total. The molecule has 0 saturated heterocycles. The molecule has 0 aliphatic rings. The molecular formula is C16H19FN2O2S. The van der Waals surface area contributed by atoms with Crippen LogP contribution in [0.15, 0.2) is 53.4 Å². The van der Waals surface area contributed by atoms with E-state index < -0.39 is 15.8 Å². The van der Waals surface area contributed by atoms with Crippen LogP contribution in [-0.2, 0) is 16.6 Å². The van der Waals surface area contributed by atoms with Gasteiger partial charge in [-0.05, 0) is 38.1 Å². The van der Waals surface area contributed by atoms with Crippen molar-refractivity contribution in [1.82, 2.24) is 0 Å². The molecule has 2 aromatic carbocycles. The first-order valence-electron chi connectivity index (χ1n) is 7.03. The lowest BCUT2D eigenvalue weighted by Crippen LogP contribution is -2.86. The smallest absolute Gasteiger partial charge is 0.123 e. The summed E-state index contributed by atoms with van der Waals surface area (Å²) in [7, 11) is -3.83. The van der Waals surface area contributed by atoms with Gasteiger partial charge in [0.25, 0.3) is 0 Å². The first-order valence-corrected chi connectivity index (χ1v) is 8.47. The van der Waals surface area contributed by atoms with E-state index >= 15 is 0 Å². The lowest BCUT2D eigenvalue weighted by atomic mass is 10.2. The molecule has 22 heavy (non-hydrogen) atoms. The summed E-state index contributed by atoms with van der Waals surface area (Å²) in [6.07, 6.45) is 0. The van der Waals surface area contributed by atoms with Crippen molar-refractivity contribution in [3.8, 4) is 0 Å². The molecule has 0 aliphatic heterocycles. The van der Waals surface area contributed by atoms with Gasteiger partial charge < -0.3 is 10.0 Å². The second kappa shape index (κ2) is 6.89. The summed E-state index contributed by atoms with van der Waals surface area (Å²) in [6.45, 7) is 4.98. The maximum Gasteiger partial charge on any atom is 0.123 e. The molecule has 0 radical (unpaired) electrons. The van der Waals surface area contributed by atoms with Crippen molar-refractivity contribution >= 4 is 15.7 Å². The number of hydrogen-bond acceptors (Lipinski definition) is 2. The van der Waals surface area contributed by atoms with Crippen LogP contribution in [0.4, 0.5) is 10.1 Å². The van der Waals surface area contributed by atoms with E-state index in [9.17, 15) is 12.8 Å². The summed E-state index contributed by atoms with van der Waals surface area (Å²) in [6, 6.07) is 12.3. The maximum absolute atomic E-state index is 13.1. The van der Waals surface area contributed by atoms with Crippen LogP contribution in [-0.4, -0.2) is 14.5 Å². The third-order valence-corrected chi connectivity index (χ3v) is 4.40. The fourth-order valence-corrected chi connectivity index (χ4v) is 2.87. The molecule has 2 N–H and O–H groups in total. The highest BCUT2D eigenvalue weighted by Crippen LogP contribution is 2.27. The van der Waals surface area contributed by atoms with Gasteiger partial charge in [-0.1, -0.05) is 24.3 Å². The summed E-state index contributed by atoms with van der Waals surface area (Å²) in [5, 5.41) is 2.15. The van der Waals surface area contributed by atoms with Gasteiger partial charge in [-0.2, -0.15) is 0 Å². The monoisotopic (exact) mass is 322 g/mol. The van der Waals surface area contributed by atoms with E-state index in [4.69, 9.17) is 0 Å². The van der Waals surface area contributed by atoms with Gasteiger partial charge >= 0.3 is 0 Å². The average molecular weight is 322 g/mol. The maximum atomic E-state index is 13.1. The second-order valence-electron chi connectivity index (χ2n) is 5.37. The van der Waals surface area contributed by atoms with E-state index in [0.29, 0.717) is 6.04 Å². The van der Waals surface area contributed by atoms with Crippen molar-refractivity contribution in [2.45, 2.75) is 31.3 Å². The van der Waals surface area contributed by atoms with E-state index in [0.717, 1.165) is 18.2 Å². The zero-order chi connectivity index (χ0) is 16.2. The zero-order valence-electron chi connectivity index (χ0n) is 12.5. The number of halogens is 1. The third kappa shape index (κ3) is 4.54. The van der Waals surface area contributed by atoms with Crippen molar-refractivity contribution in [1.29, 1.82) is 0 Å². The number of rotatable bonds is 6. The molecule has 0 heterocycles. The van der Waals surface area contributed by atoms with Crippen molar-refractivity contribution in [3.63, 3.8) is 0 Å². The molecule has 2 rings (SSSR count). The van der Waals surface area contributed by atoms with Gasteiger partial charge in [0, 0.05) is 5.56 Å². The van der Waals surface area contributed by atoms with Crippen molar-refractivity contribution in [3.05, 3.63) is 64.6 Å². The predicted molar refractivity (Wildman–Crippen MR) is 83.8 cm³/mol. The van der Waals surface area contributed by atoms with Crippen LogP contribution in [0.25, 0.3) is 4.72 Å². The Kier molecular flexibility index (Phi) is 5.15. The molecule has 0 saturated carbocycles. The van der Waals surface area contributed by atoms with Crippen LogP contribution < -0.4 is 5.32 Å². The summed E-state index contributed by atoms with van der Waals surface area (Å²) in [4.78, 5) is 0.102. The first-order chi connectivity index (χ1) is 10.4. The fraction of sp³-hybridized carbons (Fsp3) is 0.250. The topological polar surface area (TPSA) is 64.8 Å². The highest BCUT2D eigenvalue weighted by molar-refractivity contribution is 7.94. The van der Waals surface area contributed by atoms with Gasteiger partial charge in [-0.25, -0.2) is 12.8 Å². The highest BCUT2D eigenvalue weighted by atomic mass is 32.2. The number of nitrogens with two attached hydrogens (primary N) is 1. The van der Waals surface area contributed by atoms with E-state index in [2.05, 4.69) is 23.9 Å². The molecule has 0 fully saturated rings. The molecule has 2 aromatic rings. The van der Waals surface area contributed by atoms with Crippen LogP contribution in [0.2, 0.25) is 0 Å². The number of nitrogens with zero attached hydrogens (tertiary/aromatic N) is 1. The summed E-state index contributed by atoms with van der Waals surface area (Å²) < 4.78 is 41.1. The molecule has 0 unspecified atom stereocenters. The molecule has 0 bridgehead atoms. The van der Waals surface area contributed by atoms with Crippen molar-refractivity contribution < 1.29 is 18.1 Å². The predicted octanol–water partition coefficient (Wildman–Crippen LogP) is 2.69. The van der Waals surface area contributed by atoms with Gasteiger partial charge in [-0.15, -0.1) is 5.69 Å². The van der Waals surface area contributed by atoms with Crippen molar-refractivity contribution in [2.24, 2.45) is 0 Å². The Morgan fingerprint density at radius 2 is 1.82 bits per heavy atom. The van der Waals surface area contributed by atoms with Gasteiger partial charge in [0.2, 0.25) is 0 Å². The quantitative estimate of drug-likeness (QED) is 0.888. The highest BCUT2D eigenvalue weighted by Gasteiger charge is 2.06. The fourth-order valence-electron chi connectivity index (χ4n) is 1.89. The van der Waals surface area contributed by atoms with Gasteiger partial charge in [0.1, 0.15) is 22.4 Å². The number of hydrogen-bond donors (Lipinski definition) is 1. The van der Waals surface area contributed by atoms with Crippen molar-refractivity contribution in [2.75, 3.05) is 0 Å². The molecule has 0 aliphatic carbocycles. The Hall–Kier alpha value is -1.92. The molecule has 118 valence electrons. The van der Waals surface area contributed by atoms with Crippen LogP contribution >= 0.6 is 0 Å². The standard InChI is InChI=1S/C16H18FN2O2S/c1-12(2)18-11-13-6-8-16(9-7-13)22(20,21)19-15-5-3-4-14(17)10-15/h3-10,12,18H,11H2,1-2H3/q-1/p+1. The van der Waals surface area contributed by atoms with Gasteiger partial charge in [0.15, 0.2) is 0 Å². The normalized spacial score (nSPS) is 11.6. The summed E-state index contributed by atoms with van der Waals surface area (Å²) >= 11 is 0. The molecule has 6 heteroatoms. The van der Waals surface area contributed by atoms with E-state index in [1.165, 1.54) is 30.3 Å². The van der Waals surface area contributed by atoms with E-state index in [1.807, 2.05) is 0 Å². The summed E-state index contributed by atoms with van der Waals surface area (Å²) in [5.74, 6) is -0.518. The minimum absolute atomic E-state index is 0.0808. The molecular weight excluding hydrogens is 303 g/mol. The molecule has 0 spiro atoms.